The lowest BCUT2D eigenvalue weighted by atomic mass is 9.94. The molecule has 0 radical (unpaired) electrons. The van der Waals surface area contributed by atoms with Gasteiger partial charge < -0.3 is 5.41 Å². The van der Waals surface area contributed by atoms with Crippen LogP contribution in [0.15, 0.2) is 0 Å². The van der Waals surface area contributed by atoms with E-state index in [0.717, 1.165) is 5.71 Å². The summed E-state index contributed by atoms with van der Waals surface area (Å²) >= 11 is 0. The van der Waals surface area contributed by atoms with Crippen molar-refractivity contribution in [3.8, 4) is 0 Å². The van der Waals surface area contributed by atoms with Gasteiger partial charge in [0.15, 0.2) is 0 Å². The Kier molecular flexibility index (Phi) is 5.27. The minimum atomic E-state index is 0.565. The second kappa shape index (κ2) is 5.45. The molecule has 0 amide bonds. The molecule has 0 saturated heterocycles. The highest BCUT2D eigenvalue weighted by molar-refractivity contribution is 5.81. The molecule has 0 saturated carbocycles. The topological polar surface area (TPSA) is 23.9 Å². The Labute approximate surface area is 64.3 Å². The zero-order valence-electron chi connectivity index (χ0n) is 7.41. The minimum Gasteiger partial charge on any atom is -0.310 e. The van der Waals surface area contributed by atoms with Gasteiger partial charge in [0.05, 0.1) is 0 Å². The summed E-state index contributed by atoms with van der Waals surface area (Å²) in [4.78, 5) is 0. The van der Waals surface area contributed by atoms with E-state index in [1.54, 1.807) is 0 Å². The van der Waals surface area contributed by atoms with Crippen LogP contribution in [-0.4, -0.2) is 5.71 Å². The fraction of sp³-hybridized carbons (Fsp3) is 0.889. The normalized spacial score (nSPS) is 10.4. The van der Waals surface area contributed by atoms with Gasteiger partial charge >= 0.3 is 0 Å². The molecule has 10 heavy (non-hydrogen) atoms. The first-order valence-electron chi connectivity index (χ1n) is 4.27. The third-order valence-corrected chi connectivity index (χ3v) is 1.89. The van der Waals surface area contributed by atoms with Crippen LogP contribution in [0.1, 0.15) is 46.5 Å². The molecule has 0 aromatic rings. The van der Waals surface area contributed by atoms with E-state index in [9.17, 15) is 0 Å². The average Bonchev–Trinajstić information content (AvgIpc) is 1.87. The van der Waals surface area contributed by atoms with E-state index in [1.807, 2.05) is 6.92 Å². The smallest absolute Gasteiger partial charge is 0.00891 e. The Morgan fingerprint density at radius 1 is 1.20 bits per heavy atom. The highest BCUT2D eigenvalue weighted by Gasteiger charge is 2.07. The molecular formula is C9H19N. The number of nitrogens with one attached hydrogen (secondary N) is 1. The van der Waals surface area contributed by atoms with E-state index in [2.05, 4.69) is 13.8 Å². The van der Waals surface area contributed by atoms with Gasteiger partial charge in [0.25, 0.3) is 0 Å². The maximum atomic E-state index is 7.46. The second-order valence-electron chi connectivity index (χ2n) is 2.96. The zero-order valence-corrected chi connectivity index (χ0v) is 7.41. The van der Waals surface area contributed by atoms with E-state index in [1.165, 1.54) is 25.7 Å². The zero-order chi connectivity index (χ0) is 7.98. The molecule has 1 heteroatoms. The molecule has 0 aliphatic heterocycles. The van der Waals surface area contributed by atoms with Crippen LogP contribution < -0.4 is 0 Å². The van der Waals surface area contributed by atoms with E-state index < -0.39 is 0 Å². The number of hydrogen-bond donors (Lipinski definition) is 1. The molecule has 0 heterocycles. The van der Waals surface area contributed by atoms with Crippen molar-refractivity contribution in [2.24, 2.45) is 5.92 Å². The summed E-state index contributed by atoms with van der Waals surface area (Å²) in [6.07, 6.45) is 4.81. The fourth-order valence-corrected chi connectivity index (χ4v) is 1.27. The van der Waals surface area contributed by atoms with E-state index >= 15 is 0 Å². The van der Waals surface area contributed by atoms with Crippen molar-refractivity contribution >= 4 is 5.71 Å². The average molecular weight is 141 g/mol. The molecule has 0 aromatic heterocycles. The van der Waals surface area contributed by atoms with Gasteiger partial charge in [0, 0.05) is 5.71 Å². The van der Waals surface area contributed by atoms with Gasteiger partial charge in [0.2, 0.25) is 0 Å². The van der Waals surface area contributed by atoms with Crippen molar-refractivity contribution in [3.05, 3.63) is 0 Å². The van der Waals surface area contributed by atoms with Crippen molar-refractivity contribution < 1.29 is 0 Å². The lowest BCUT2D eigenvalue weighted by molar-refractivity contribution is 0.555. The van der Waals surface area contributed by atoms with Gasteiger partial charge in [-0.25, -0.2) is 0 Å². The van der Waals surface area contributed by atoms with Crippen LogP contribution >= 0.6 is 0 Å². The van der Waals surface area contributed by atoms with E-state index in [-0.39, 0.29) is 0 Å². The molecule has 60 valence electrons. The van der Waals surface area contributed by atoms with Gasteiger partial charge in [-0.1, -0.05) is 26.7 Å². The molecule has 1 nitrogen and oxygen atoms in total. The van der Waals surface area contributed by atoms with Gasteiger partial charge in [-0.15, -0.1) is 0 Å². The summed E-state index contributed by atoms with van der Waals surface area (Å²) in [6, 6.07) is 0. The van der Waals surface area contributed by atoms with E-state index in [4.69, 9.17) is 5.41 Å². The van der Waals surface area contributed by atoms with Gasteiger partial charge in [-0.3, -0.25) is 0 Å². The summed E-state index contributed by atoms with van der Waals surface area (Å²) in [7, 11) is 0. The lowest BCUT2D eigenvalue weighted by Crippen LogP contribution is -2.08. The Hall–Kier alpha value is -0.330. The quantitative estimate of drug-likeness (QED) is 0.568. The Morgan fingerprint density at radius 2 is 1.60 bits per heavy atom. The van der Waals surface area contributed by atoms with Crippen molar-refractivity contribution in [2.75, 3.05) is 0 Å². The molecule has 1 N–H and O–H groups in total. The van der Waals surface area contributed by atoms with Crippen molar-refractivity contribution in [3.63, 3.8) is 0 Å². The van der Waals surface area contributed by atoms with Crippen molar-refractivity contribution in [1.82, 2.24) is 0 Å². The largest absolute Gasteiger partial charge is 0.310 e. The molecule has 0 unspecified atom stereocenters. The molecular weight excluding hydrogens is 122 g/mol. The summed E-state index contributed by atoms with van der Waals surface area (Å²) in [6.45, 7) is 6.30. The number of hydrogen-bond acceptors (Lipinski definition) is 1. The standard InChI is InChI=1S/C9H19N/c1-4-6-9(7-5-2)8(3)10/h9-10H,4-7H2,1-3H3. The second-order valence-corrected chi connectivity index (χ2v) is 2.96. The van der Waals surface area contributed by atoms with Crippen LogP contribution in [0.3, 0.4) is 0 Å². The summed E-state index contributed by atoms with van der Waals surface area (Å²) in [5.41, 5.74) is 0.865. The lowest BCUT2D eigenvalue weighted by Gasteiger charge is -2.12. The Morgan fingerprint density at radius 3 is 1.80 bits per heavy atom. The monoisotopic (exact) mass is 141 g/mol. The summed E-state index contributed by atoms with van der Waals surface area (Å²) in [5.74, 6) is 0.565. The molecule has 0 aliphatic rings. The molecule has 0 aromatic carbocycles. The highest BCUT2D eigenvalue weighted by atomic mass is 14.4. The molecule has 0 rings (SSSR count). The summed E-state index contributed by atoms with van der Waals surface area (Å²) < 4.78 is 0. The minimum absolute atomic E-state index is 0.565. The van der Waals surface area contributed by atoms with Crippen LogP contribution in [0, 0.1) is 11.3 Å². The van der Waals surface area contributed by atoms with Gasteiger partial charge in [-0.05, 0) is 25.7 Å². The van der Waals surface area contributed by atoms with Crippen LogP contribution in [0.25, 0.3) is 0 Å². The van der Waals surface area contributed by atoms with Gasteiger partial charge in [0.1, 0.15) is 0 Å². The predicted molar refractivity (Wildman–Crippen MR) is 46.7 cm³/mol. The summed E-state index contributed by atoms with van der Waals surface area (Å²) in [5, 5.41) is 7.46. The predicted octanol–water partition coefficient (Wildman–Crippen LogP) is 3.24. The first-order chi connectivity index (χ1) is 4.72. The van der Waals surface area contributed by atoms with Crippen LogP contribution in [-0.2, 0) is 0 Å². The van der Waals surface area contributed by atoms with Crippen molar-refractivity contribution in [1.29, 1.82) is 5.41 Å². The maximum Gasteiger partial charge on any atom is 0.00891 e. The Balaban J connectivity index is 3.61. The van der Waals surface area contributed by atoms with E-state index in [0.29, 0.717) is 5.92 Å². The molecule has 0 bridgehead atoms. The molecule has 0 aliphatic carbocycles. The van der Waals surface area contributed by atoms with Crippen molar-refractivity contribution in [2.45, 2.75) is 46.5 Å². The maximum absolute atomic E-state index is 7.46. The third kappa shape index (κ3) is 3.65. The highest BCUT2D eigenvalue weighted by Crippen LogP contribution is 2.13. The molecule has 0 spiro atoms. The molecule has 0 atom stereocenters. The fourth-order valence-electron chi connectivity index (χ4n) is 1.27. The van der Waals surface area contributed by atoms with Crippen LogP contribution in [0.2, 0.25) is 0 Å². The molecule has 0 fully saturated rings. The van der Waals surface area contributed by atoms with Crippen LogP contribution in [0.5, 0.6) is 0 Å². The first kappa shape index (κ1) is 9.67. The van der Waals surface area contributed by atoms with Crippen LogP contribution in [0.4, 0.5) is 0 Å². The van der Waals surface area contributed by atoms with Gasteiger partial charge in [-0.2, -0.15) is 0 Å². The Bertz CT molecular complexity index is 90.9. The first-order valence-corrected chi connectivity index (χ1v) is 4.27. The number of rotatable bonds is 5. The SMILES string of the molecule is CCCC(CCC)C(C)=N. The third-order valence-electron chi connectivity index (χ3n) is 1.89.